The number of benzene rings is 1. The Morgan fingerprint density at radius 1 is 1.40 bits per heavy atom. The molecule has 6 heteroatoms. The summed E-state index contributed by atoms with van der Waals surface area (Å²) in [6, 6.07) is 6.94. The summed E-state index contributed by atoms with van der Waals surface area (Å²) in [5, 5.41) is 10.6. The first-order valence-electron chi connectivity index (χ1n) is 8.14. The van der Waals surface area contributed by atoms with Crippen LogP contribution in [0.25, 0.3) is 22.0 Å². The van der Waals surface area contributed by atoms with Gasteiger partial charge >= 0.3 is 5.97 Å². The lowest BCUT2D eigenvalue weighted by atomic mass is 10.1. The zero-order valence-electron chi connectivity index (χ0n) is 13.7. The largest absolute Gasteiger partial charge is 0.478 e. The van der Waals surface area contributed by atoms with Crippen LogP contribution in [0, 0.1) is 5.92 Å². The monoisotopic (exact) mass is 356 g/mol. The van der Waals surface area contributed by atoms with Gasteiger partial charge in [-0.05, 0) is 37.0 Å². The maximum atomic E-state index is 11.2. The maximum Gasteiger partial charge on any atom is 0.335 e. The first-order valence-corrected chi connectivity index (χ1v) is 8.52. The van der Waals surface area contributed by atoms with Crippen molar-refractivity contribution in [3.8, 4) is 17.0 Å². The number of nitrogens with zero attached hydrogens (tertiary/aromatic N) is 2. The molecule has 128 valence electrons. The molecule has 0 spiro atoms. The van der Waals surface area contributed by atoms with E-state index in [0.29, 0.717) is 23.4 Å². The summed E-state index contributed by atoms with van der Waals surface area (Å²) in [4.78, 5) is 15.5. The molecule has 1 aromatic carbocycles. The summed E-state index contributed by atoms with van der Waals surface area (Å²) >= 11 is 6.34. The summed E-state index contributed by atoms with van der Waals surface area (Å²) in [7, 11) is 1.89. The molecule has 1 saturated carbocycles. The van der Waals surface area contributed by atoms with Crippen LogP contribution in [-0.2, 0) is 7.05 Å². The van der Waals surface area contributed by atoms with E-state index in [0.717, 1.165) is 22.0 Å². The van der Waals surface area contributed by atoms with E-state index >= 15 is 0 Å². The standard InChI is InChI=1S/C19H17ClN2O3/c1-22-9-15(14-5-4-12(19(23)24)7-17(14)22)13-6-16(20)18(21-8-13)25-10-11-2-3-11/h4-9,11H,2-3,10H2,1H3,(H,23,24). The molecule has 0 aliphatic heterocycles. The third-order valence-electron chi connectivity index (χ3n) is 4.51. The van der Waals surface area contributed by atoms with Gasteiger partial charge in [0.05, 0.1) is 12.2 Å². The van der Waals surface area contributed by atoms with E-state index in [4.69, 9.17) is 21.4 Å². The number of fused-ring (bicyclic) bond motifs is 1. The van der Waals surface area contributed by atoms with Gasteiger partial charge in [0.15, 0.2) is 0 Å². The van der Waals surface area contributed by atoms with E-state index in [9.17, 15) is 4.79 Å². The lowest BCUT2D eigenvalue weighted by Gasteiger charge is -2.07. The summed E-state index contributed by atoms with van der Waals surface area (Å²) in [6.45, 7) is 0.665. The smallest absolute Gasteiger partial charge is 0.335 e. The highest BCUT2D eigenvalue weighted by atomic mass is 35.5. The molecule has 1 aliphatic carbocycles. The minimum absolute atomic E-state index is 0.264. The zero-order chi connectivity index (χ0) is 17.6. The van der Waals surface area contributed by atoms with Gasteiger partial charge in [0.2, 0.25) is 5.88 Å². The van der Waals surface area contributed by atoms with Crippen LogP contribution in [0.3, 0.4) is 0 Å². The van der Waals surface area contributed by atoms with Gasteiger partial charge in [-0.25, -0.2) is 9.78 Å². The van der Waals surface area contributed by atoms with Crippen LogP contribution in [-0.4, -0.2) is 27.2 Å². The maximum absolute atomic E-state index is 11.2. The van der Waals surface area contributed by atoms with E-state index in [1.165, 1.54) is 12.8 Å². The van der Waals surface area contributed by atoms with Crippen molar-refractivity contribution in [2.45, 2.75) is 12.8 Å². The SMILES string of the molecule is Cn1cc(-c2cnc(OCC3CC3)c(Cl)c2)c2ccc(C(=O)O)cc21. The number of hydrogen-bond acceptors (Lipinski definition) is 3. The molecule has 0 amide bonds. The quantitative estimate of drug-likeness (QED) is 0.736. The van der Waals surface area contributed by atoms with Gasteiger partial charge in [0.25, 0.3) is 0 Å². The van der Waals surface area contributed by atoms with Crippen molar-refractivity contribution in [1.82, 2.24) is 9.55 Å². The van der Waals surface area contributed by atoms with E-state index in [2.05, 4.69) is 4.98 Å². The number of halogens is 1. The minimum atomic E-state index is -0.938. The van der Waals surface area contributed by atoms with Crippen molar-refractivity contribution in [1.29, 1.82) is 0 Å². The molecule has 0 unspecified atom stereocenters. The van der Waals surface area contributed by atoms with E-state index < -0.39 is 5.97 Å². The molecule has 0 saturated heterocycles. The lowest BCUT2D eigenvalue weighted by molar-refractivity contribution is 0.0697. The molecule has 1 fully saturated rings. The summed E-state index contributed by atoms with van der Waals surface area (Å²) in [5.74, 6) is 0.163. The fraction of sp³-hybridized carbons (Fsp3) is 0.263. The molecule has 1 N–H and O–H groups in total. The second-order valence-corrected chi connectivity index (χ2v) is 6.86. The molecular weight excluding hydrogens is 340 g/mol. The number of aromatic carboxylic acids is 1. The van der Waals surface area contributed by atoms with Crippen LogP contribution in [0.1, 0.15) is 23.2 Å². The second kappa shape index (κ2) is 6.08. The molecular formula is C19H17ClN2O3. The topological polar surface area (TPSA) is 64.4 Å². The molecule has 0 radical (unpaired) electrons. The van der Waals surface area contributed by atoms with Crippen LogP contribution in [0.15, 0.2) is 36.7 Å². The van der Waals surface area contributed by atoms with Crippen LogP contribution in [0.2, 0.25) is 5.02 Å². The number of carbonyl (C=O) groups is 1. The molecule has 3 aromatic rings. The molecule has 5 nitrogen and oxygen atoms in total. The molecule has 25 heavy (non-hydrogen) atoms. The fourth-order valence-corrected chi connectivity index (χ4v) is 3.13. The molecule has 1 aliphatic rings. The number of hydrogen-bond donors (Lipinski definition) is 1. The van der Waals surface area contributed by atoms with Gasteiger partial charge < -0.3 is 14.4 Å². The third kappa shape index (κ3) is 3.07. The molecule has 2 heterocycles. The van der Waals surface area contributed by atoms with Crippen LogP contribution in [0.4, 0.5) is 0 Å². The predicted octanol–water partition coefficient (Wildman–Crippen LogP) is 4.38. The number of aryl methyl sites for hydroxylation is 1. The number of ether oxygens (including phenoxy) is 1. The third-order valence-corrected chi connectivity index (χ3v) is 4.78. The molecule has 2 aromatic heterocycles. The Kier molecular flexibility index (Phi) is 3.88. The first-order chi connectivity index (χ1) is 12.0. The number of rotatable bonds is 5. The fourth-order valence-electron chi connectivity index (χ4n) is 2.91. The van der Waals surface area contributed by atoms with Gasteiger partial charge in [-0.15, -0.1) is 0 Å². The van der Waals surface area contributed by atoms with Gasteiger partial charge in [-0.3, -0.25) is 0 Å². The Morgan fingerprint density at radius 3 is 2.88 bits per heavy atom. The average molecular weight is 357 g/mol. The van der Waals surface area contributed by atoms with Crippen molar-refractivity contribution in [2.24, 2.45) is 13.0 Å². The van der Waals surface area contributed by atoms with Crippen molar-refractivity contribution in [3.63, 3.8) is 0 Å². The number of carboxylic acids is 1. The van der Waals surface area contributed by atoms with Crippen LogP contribution in [0.5, 0.6) is 5.88 Å². The average Bonchev–Trinajstić information content (AvgIpc) is 3.36. The van der Waals surface area contributed by atoms with Gasteiger partial charge in [0, 0.05) is 41.5 Å². The Labute approximate surface area is 149 Å². The Morgan fingerprint density at radius 2 is 2.20 bits per heavy atom. The highest BCUT2D eigenvalue weighted by Crippen LogP contribution is 2.35. The van der Waals surface area contributed by atoms with Gasteiger partial charge in [0.1, 0.15) is 5.02 Å². The molecule has 4 rings (SSSR count). The van der Waals surface area contributed by atoms with Crippen molar-refractivity contribution < 1.29 is 14.6 Å². The van der Waals surface area contributed by atoms with E-state index in [1.807, 2.05) is 29.9 Å². The normalized spacial score (nSPS) is 14.0. The molecule has 0 bridgehead atoms. The number of aromatic nitrogens is 2. The lowest BCUT2D eigenvalue weighted by Crippen LogP contribution is -2.01. The van der Waals surface area contributed by atoms with E-state index in [-0.39, 0.29) is 5.56 Å². The van der Waals surface area contributed by atoms with Crippen LogP contribution >= 0.6 is 11.6 Å². The highest BCUT2D eigenvalue weighted by molar-refractivity contribution is 6.32. The van der Waals surface area contributed by atoms with Gasteiger partial charge in [-0.2, -0.15) is 0 Å². The van der Waals surface area contributed by atoms with Crippen molar-refractivity contribution in [2.75, 3.05) is 6.61 Å². The first kappa shape index (κ1) is 16.0. The minimum Gasteiger partial charge on any atom is -0.478 e. The van der Waals surface area contributed by atoms with E-state index in [1.54, 1.807) is 18.3 Å². The van der Waals surface area contributed by atoms with Crippen molar-refractivity contribution in [3.05, 3.63) is 47.2 Å². The Bertz CT molecular complexity index is 976. The highest BCUT2D eigenvalue weighted by Gasteiger charge is 2.23. The van der Waals surface area contributed by atoms with Gasteiger partial charge in [-0.1, -0.05) is 17.7 Å². The summed E-state index contributed by atoms with van der Waals surface area (Å²) in [5.41, 5.74) is 2.94. The predicted molar refractivity (Wildman–Crippen MR) is 96.3 cm³/mol. The molecule has 0 atom stereocenters. The Hall–Kier alpha value is -2.53. The zero-order valence-corrected chi connectivity index (χ0v) is 14.5. The number of pyridine rings is 1. The van der Waals surface area contributed by atoms with Crippen molar-refractivity contribution >= 4 is 28.5 Å². The second-order valence-electron chi connectivity index (χ2n) is 6.46. The Balaban J connectivity index is 1.71. The van der Waals surface area contributed by atoms with Crippen LogP contribution < -0.4 is 4.74 Å². The summed E-state index contributed by atoms with van der Waals surface area (Å²) < 4.78 is 7.58. The number of carboxylic acid groups (broad SMARTS) is 1. The summed E-state index contributed by atoms with van der Waals surface area (Å²) in [6.07, 6.45) is 6.12.